The lowest BCUT2D eigenvalue weighted by Crippen LogP contribution is -2.31. The summed E-state index contributed by atoms with van der Waals surface area (Å²) in [6, 6.07) is 4.92. The molecule has 0 fully saturated rings. The van der Waals surface area contributed by atoms with Crippen LogP contribution in [0.2, 0.25) is 0 Å². The number of hydrogen-bond donors (Lipinski definition) is 1. The fourth-order valence-corrected chi connectivity index (χ4v) is 4.74. The van der Waals surface area contributed by atoms with Gasteiger partial charge >= 0.3 is 5.97 Å². The van der Waals surface area contributed by atoms with Gasteiger partial charge in [-0.25, -0.2) is 8.42 Å². The molecule has 0 spiro atoms. The van der Waals surface area contributed by atoms with Gasteiger partial charge < -0.3 is 9.84 Å². The van der Waals surface area contributed by atoms with E-state index in [0.717, 1.165) is 0 Å². The molecule has 0 saturated carbocycles. The van der Waals surface area contributed by atoms with Gasteiger partial charge in [-0.1, -0.05) is 6.07 Å². The van der Waals surface area contributed by atoms with Crippen LogP contribution < -0.4 is 4.74 Å². The molecule has 0 saturated heterocycles. The second-order valence-electron chi connectivity index (χ2n) is 5.70. The van der Waals surface area contributed by atoms with Crippen molar-refractivity contribution >= 4 is 15.8 Å². The molecule has 20 heavy (non-hydrogen) atoms. The Bertz CT molecular complexity index is 646. The summed E-state index contributed by atoms with van der Waals surface area (Å²) in [7, 11) is -1.99. The molecule has 1 atom stereocenters. The van der Waals surface area contributed by atoms with Crippen LogP contribution >= 0.6 is 0 Å². The molecular weight excluding hydrogens is 280 g/mol. The summed E-state index contributed by atoms with van der Waals surface area (Å²) in [5, 5.41) is 8.46. The van der Waals surface area contributed by atoms with Crippen LogP contribution in [0, 0.1) is 5.41 Å². The van der Waals surface area contributed by atoms with Gasteiger partial charge in [0.25, 0.3) is 0 Å². The van der Waals surface area contributed by atoms with E-state index < -0.39 is 26.5 Å². The van der Waals surface area contributed by atoms with Crippen LogP contribution in [0.1, 0.15) is 25.8 Å². The molecule has 1 aromatic carbocycles. The number of benzene rings is 1. The number of ether oxygens (including phenoxy) is 1. The molecule has 6 heteroatoms. The van der Waals surface area contributed by atoms with E-state index in [1.54, 1.807) is 32.0 Å². The topological polar surface area (TPSA) is 80.7 Å². The minimum Gasteiger partial charge on any atom is -0.496 e. The second-order valence-corrected chi connectivity index (χ2v) is 7.90. The highest BCUT2D eigenvalue weighted by Crippen LogP contribution is 2.41. The van der Waals surface area contributed by atoms with Crippen LogP contribution in [0.5, 0.6) is 5.75 Å². The largest absolute Gasteiger partial charge is 0.496 e. The van der Waals surface area contributed by atoms with Crippen molar-refractivity contribution in [3.63, 3.8) is 0 Å². The lowest BCUT2D eigenvalue weighted by atomic mass is 9.86. The first-order chi connectivity index (χ1) is 9.20. The maximum atomic E-state index is 12.5. The minimum absolute atomic E-state index is 0.0858. The Balaban J connectivity index is 2.41. The first kappa shape index (κ1) is 14.8. The van der Waals surface area contributed by atoms with Crippen molar-refractivity contribution in [2.75, 3.05) is 7.11 Å². The van der Waals surface area contributed by atoms with Gasteiger partial charge in [0.15, 0.2) is 9.84 Å². The van der Waals surface area contributed by atoms with Crippen molar-refractivity contribution in [3.05, 3.63) is 23.8 Å². The monoisotopic (exact) mass is 298 g/mol. The van der Waals surface area contributed by atoms with E-state index in [-0.39, 0.29) is 11.3 Å². The third-order valence-electron chi connectivity index (χ3n) is 3.80. The molecule has 110 valence electrons. The molecule has 0 aromatic heterocycles. The van der Waals surface area contributed by atoms with Gasteiger partial charge in [0, 0.05) is 5.56 Å². The molecule has 1 N–H and O–H groups in total. The third kappa shape index (κ3) is 2.28. The molecule has 2 rings (SSSR count). The van der Waals surface area contributed by atoms with Crippen molar-refractivity contribution in [1.82, 2.24) is 0 Å². The summed E-state index contributed by atoms with van der Waals surface area (Å²) in [4.78, 5) is 11.5. The molecule has 0 amide bonds. The highest BCUT2D eigenvalue weighted by molar-refractivity contribution is 7.92. The molecule has 0 radical (unpaired) electrons. The molecule has 1 aliphatic heterocycles. The fraction of sp³-hybridized carbons (Fsp3) is 0.500. The molecule has 1 aliphatic rings. The van der Waals surface area contributed by atoms with E-state index in [1.165, 1.54) is 7.11 Å². The van der Waals surface area contributed by atoms with Crippen LogP contribution in [0.4, 0.5) is 0 Å². The van der Waals surface area contributed by atoms with E-state index in [1.807, 2.05) is 0 Å². The van der Waals surface area contributed by atoms with Crippen molar-refractivity contribution in [2.45, 2.75) is 36.8 Å². The van der Waals surface area contributed by atoms with Crippen LogP contribution in [-0.2, 0) is 21.1 Å². The van der Waals surface area contributed by atoms with Gasteiger partial charge in [-0.05, 0) is 38.8 Å². The smallest absolute Gasteiger partial charge is 0.309 e. The number of fused-ring (bicyclic) bond motifs is 1. The van der Waals surface area contributed by atoms with Crippen LogP contribution in [-0.4, -0.2) is 31.9 Å². The minimum atomic E-state index is -3.49. The molecule has 0 bridgehead atoms. The summed E-state index contributed by atoms with van der Waals surface area (Å²) in [5.74, 6) is -0.447. The molecule has 5 nitrogen and oxygen atoms in total. The lowest BCUT2D eigenvalue weighted by molar-refractivity contribution is -0.147. The Morgan fingerprint density at radius 3 is 2.65 bits per heavy atom. The van der Waals surface area contributed by atoms with Gasteiger partial charge in [-0.3, -0.25) is 4.79 Å². The maximum absolute atomic E-state index is 12.5. The summed E-state index contributed by atoms with van der Waals surface area (Å²) >= 11 is 0. The normalized spacial score (nSPS) is 20.4. The quantitative estimate of drug-likeness (QED) is 0.918. The van der Waals surface area contributed by atoms with E-state index in [2.05, 4.69) is 0 Å². The van der Waals surface area contributed by atoms with Crippen molar-refractivity contribution < 1.29 is 23.1 Å². The number of carbonyl (C=O) groups is 1. The molecule has 0 aliphatic carbocycles. The van der Waals surface area contributed by atoms with Crippen molar-refractivity contribution in [3.8, 4) is 5.75 Å². The van der Waals surface area contributed by atoms with E-state index in [9.17, 15) is 18.3 Å². The zero-order valence-corrected chi connectivity index (χ0v) is 12.5. The van der Waals surface area contributed by atoms with Gasteiger partial charge in [0.05, 0.1) is 22.7 Å². The lowest BCUT2D eigenvalue weighted by Gasteiger charge is -2.22. The molecular formula is C14H18O5S. The standard InChI is InChI=1S/C14H18O5S/c1-14(2,13(15)16)8-9-7-10-11(19-3)5-4-6-12(10)20(9,17)18/h4-6,9H,7-8H2,1-3H3,(H,15,16). The summed E-state index contributed by atoms with van der Waals surface area (Å²) in [6.45, 7) is 3.09. The first-order valence-electron chi connectivity index (χ1n) is 6.33. The summed E-state index contributed by atoms with van der Waals surface area (Å²) < 4.78 is 30.2. The molecule has 1 aromatic rings. The third-order valence-corrected chi connectivity index (χ3v) is 6.01. The van der Waals surface area contributed by atoms with E-state index in [4.69, 9.17) is 4.74 Å². The Labute approximate surface area is 118 Å². The van der Waals surface area contributed by atoms with E-state index in [0.29, 0.717) is 17.7 Å². The Hall–Kier alpha value is -1.56. The van der Waals surface area contributed by atoms with E-state index >= 15 is 0 Å². The van der Waals surface area contributed by atoms with Gasteiger partial charge in [0.1, 0.15) is 5.75 Å². The maximum Gasteiger partial charge on any atom is 0.309 e. The SMILES string of the molecule is COc1cccc2c1CC(CC(C)(C)C(=O)O)S2(=O)=O. The number of carboxylic acids is 1. The Kier molecular flexibility index (Phi) is 3.54. The molecule has 1 unspecified atom stereocenters. The fourth-order valence-electron chi connectivity index (χ4n) is 2.56. The number of hydrogen-bond acceptors (Lipinski definition) is 4. The average molecular weight is 298 g/mol. The first-order valence-corrected chi connectivity index (χ1v) is 7.88. The summed E-state index contributed by atoms with van der Waals surface area (Å²) in [5.41, 5.74) is -0.422. The Morgan fingerprint density at radius 1 is 1.45 bits per heavy atom. The number of rotatable bonds is 4. The number of methoxy groups -OCH3 is 1. The number of sulfone groups is 1. The molecule has 1 heterocycles. The predicted octanol–water partition coefficient (Wildman–Crippen LogP) is 1.89. The van der Waals surface area contributed by atoms with Gasteiger partial charge in [0.2, 0.25) is 0 Å². The zero-order chi connectivity index (χ0) is 15.1. The number of aliphatic carboxylic acids is 1. The van der Waals surface area contributed by atoms with Crippen LogP contribution in [0.25, 0.3) is 0 Å². The zero-order valence-electron chi connectivity index (χ0n) is 11.7. The highest BCUT2D eigenvalue weighted by Gasteiger charge is 2.43. The van der Waals surface area contributed by atoms with Gasteiger partial charge in [-0.2, -0.15) is 0 Å². The number of carboxylic acid groups (broad SMARTS) is 1. The van der Waals surface area contributed by atoms with Crippen LogP contribution in [0.3, 0.4) is 0 Å². The average Bonchev–Trinajstić information content (AvgIpc) is 2.61. The predicted molar refractivity (Wildman–Crippen MR) is 73.7 cm³/mol. The van der Waals surface area contributed by atoms with Crippen molar-refractivity contribution in [1.29, 1.82) is 0 Å². The van der Waals surface area contributed by atoms with Crippen molar-refractivity contribution in [2.24, 2.45) is 5.41 Å². The summed E-state index contributed by atoms with van der Waals surface area (Å²) in [6.07, 6.45) is 0.390. The Morgan fingerprint density at radius 2 is 2.10 bits per heavy atom. The second kappa shape index (κ2) is 4.77. The van der Waals surface area contributed by atoms with Gasteiger partial charge in [-0.15, -0.1) is 0 Å². The highest BCUT2D eigenvalue weighted by atomic mass is 32.2. The van der Waals surface area contributed by atoms with Crippen LogP contribution in [0.15, 0.2) is 23.1 Å².